The quantitative estimate of drug-likeness (QED) is 0.636. The molecular formula is C21H15ClF3N3OS. The maximum Gasteiger partial charge on any atom is 0.416 e. The molecule has 1 unspecified atom stereocenters. The molecule has 0 fully saturated rings. The highest BCUT2D eigenvalue weighted by atomic mass is 35.5. The van der Waals surface area contributed by atoms with E-state index in [0.29, 0.717) is 30.5 Å². The monoisotopic (exact) mass is 449 g/mol. The molecule has 2 aromatic rings. The van der Waals surface area contributed by atoms with Gasteiger partial charge < -0.3 is 5.73 Å². The Hall–Kier alpha value is -2.76. The number of carbonyl (C=O) groups is 1. The molecule has 154 valence electrons. The smallest absolute Gasteiger partial charge is 0.384 e. The number of alkyl halides is 3. The van der Waals surface area contributed by atoms with Gasteiger partial charge in [-0.1, -0.05) is 17.7 Å². The van der Waals surface area contributed by atoms with E-state index < -0.39 is 17.7 Å². The first-order valence-electron chi connectivity index (χ1n) is 9.10. The van der Waals surface area contributed by atoms with Crippen molar-refractivity contribution in [2.75, 3.05) is 4.90 Å². The van der Waals surface area contributed by atoms with Gasteiger partial charge in [-0.05, 0) is 42.5 Å². The first-order valence-corrected chi connectivity index (χ1v) is 10.4. The number of benzene rings is 1. The minimum absolute atomic E-state index is 0.00331. The van der Waals surface area contributed by atoms with Crippen molar-refractivity contribution in [3.63, 3.8) is 0 Å². The molecule has 1 aromatic carbocycles. The van der Waals surface area contributed by atoms with Crippen molar-refractivity contribution in [2.45, 2.75) is 31.4 Å². The normalized spacial score (nSPS) is 19.8. The van der Waals surface area contributed by atoms with Crippen molar-refractivity contribution in [3.8, 4) is 6.07 Å². The molecule has 0 bridgehead atoms. The van der Waals surface area contributed by atoms with Crippen LogP contribution in [0.4, 0.5) is 18.9 Å². The molecule has 0 spiro atoms. The number of hydrogen-bond donors (Lipinski definition) is 1. The van der Waals surface area contributed by atoms with Crippen molar-refractivity contribution in [1.29, 1.82) is 5.26 Å². The number of anilines is 1. The highest BCUT2D eigenvalue weighted by molar-refractivity contribution is 7.10. The minimum atomic E-state index is -4.58. The largest absolute Gasteiger partial charge is 0.416 e. The van der Waals surface area contributed by atoms with Crippen molar-refractivity contribution in [2.24, 2.45) is 5.73 Å². The number of thiophene rings is 1. The van der Waals surface area contributed by atoms with Gasteiger partial charge in [0.05, 0.1) is 33.8 Å². The first kappa shape index (κ1) is 20.5. The summed E-state index contributed by atoms with van der Waals surface area (Å²) in [6, 6.07) is 8.65. The van der Waals surface area contributed by atoms with Gasteiger partial charge in [0.2, 0.25) is 0 Å². The van der Waals surface area contributed by atoms with Gasteiger partial charge in [-0.15, -0.1) is 11.3 Å². The predicted octanol–water partition coefficient (Wildman–Crippen LogP) is 5.73. The van der Waals surface area contributed by atoms with Crippen LogP contribution in [0.2, 0.25) is 5.02 Å². The van der Waals surface area contributed by atoms with E-state index in [1.165, 1.54) is 16.2 Å². The Morgan fingerprint density at radius 2 is 2.03 bits per heavy atom. The molecule has 2 aliphatic rings. The number of rotatable bonds is 2. The van der Waals surface area contributed by atoms with Crippen LogP contribution < -0.4 is 10.6 Å². The van der Waals surface area contributed by atoms with Crippen LogP contribution >= 0.6 is 22.9 Å². The molecule has 0 amide bonds. The number of nitriles is 1. The van der Waals surface area contributed by atoms with Gasteiger partial charge in [-0.2, -0.15) is 18.4 Å². The lowest BCUT2D eigenvalue weighted by molar-refractivity contribution is -0.137. The summed E-state index contributed by atoms with van der Waals surface area (Å²) in [5, 5.41) is 11.7. The lowest BCUT2D eigenvalue weighted by atomic mass is 9.78. The molecular weight excluding hydrogens is 435 g/mol. The first-order chi connectivity index (χ1) is 14.2. The van der Waals surface area contributed by atoms with Gasteiger partial charge in [-0.3, -0.25) is 9.69 Å². The van der Waals surface area contributed by atoms with Gasteiger partial charge in [0.1, 0.15) is 5.82 Å². The third kappa shape index (κ3) is 3.28. The Bertz CT molecular complexity index is 1130. The van der Waals surface area contributed by atoms with Crippen LogP contribution in [0.15, 0.2) is 58.4 Å². The van der Waals surface area contributed by atoms with E-state index in [0.717, 1.165) is 23.1 Å². The average Bonchev–Trinajstić information content (AvgIpc) is 3.22. The van der Waals surface area contributed by atoms with Crippen LogP contribution in [0, 0.1) is 11.3 Å². The van der Waals surface area contributed by atoms with Gasteiger partial charge in [-0.25, -0.2) is 0 Å². The number of ketones is 1. The van der Waals surface area contributed by atoms with Gasteiger partial charge in [0.15, 0.2) is 5.78 Å². The number of halogens is 4. The number of carbonyl (C=O) groups excluding carboxylic acids is 1. The maximum atomic E-state index is 13.3. The standard InChI is InChI=1S/C21H15ClF3N3OS/c22-13-7-6-11(21(23,24)25)9-15(13)28-14-3-1-4-16(29)19(14)18(12(10-26)20(28)27)17-5-2-8-30-17/h2,5-9,18H,1,3-4,27H2. The fraction of sp³-hybridized carbons (Fsp3) is 0.238. The fourth-order valence-electron chi connectivity index (χ4n) is 3.96. The SMILES string of the molecule is N#CC1=C(N)N(c2cc(C(F)(F)F)ccc2Cl)C2=C(C(=O)CCC2)C1c1cccs1. The lowest BCUT2D eigenvalue weighted by Crippen LogP contribution is -2.38. The summed E-state index contributed by atoms with van der Waals surface area (Å²) in [4.78, 5) is 15.1. The average molecular weight is 450 g/mol. The summed E-state index contributed by atoms with van der Waals surface area (Å²) in [5.74, 6) is -0.771. The van der Waals surface area contributed by atoms with E-state index in [1.54, 1.807) is 0 Å². The topological polar surface area (TPSA) is 70.1 Å². The summed E-state index contributed by atoms with van der Waals surface area (Å²) in [5.41, 5.74) is 6.49. The van der Waals surface area contributed by atoms with E-state index in [4.69, 9.17) is 17.3 Å². The number of allylic oxidation sites excluding steroid dienone is 3. The fourth-order valence-corrected chi connectivity index (χ4v) is 5.01. The summed E-state index contributed by atoms with van der Waals surface area (Å²) in [6.07, 6.45) is -3.29. The molecule has 2 N–H and O–H groups in total. The maximum absolute atomic E-state index is 13.3. The highest BCUT2D eigenvalue weighted by Crippen LogP contribution is 2.48. The lowest BCUT2D eigenvalue weighted by Gasteiger charge is -2.39. The van der Waals surface area contributed by atoms with E-state index in [9.17, 15) is 23.2 Å². The second-order valence-corrected chi connectivity index (χ2v) is 8.38. The molecule has 1 aromatic heterocycles. The zero-order valence-corrected chi connectivity index (χ0v) is 17.0. The number of nitrogens with two attached hydrogens (primary N) is 1. The molecule has 30 heavy (non-hydrogen) atoms. The molecule has 0 saturated heterocycles. The van der Waals surface area contributed by atoms with E-state index in [-0.39, 0.29) is 27.9 Å². The molecule has 1 aliphatic heterocycles. The summed E-state index contributed by atoms with van der Waals surface area (Å²) < 4.78 is 40.0. The molecule has 0 saturated carbocycles. The molecule has 1 aliphatic carbocycles. The van der Waals surface area contributed by atoms with Gasteiger partial charge >= 0.3 is 6.18 Å². The molecule has 4 rings (SSSR count). The van der Waals surface area contributed by atoms with Crippen molar-refractivity contribution in [1.82, 2.24) is 0 Å². The van der Waals surface area contributed by atoms with Crippen LogP contribution in [-0.4, -0.2) is 5.78 Å². The van der Waals surface area contributed by atoms with Gasteiger partial charge in [0, 0.05) is 22.6 Å². The molecule has 2 heterocycles. The van der Waals surface area contributed by atoms with E-state index >= 15 is 0 Å². The summed E-state index contributed by atoms with van der Waals surface area (Å²) in [7, 11) is 0. The molecule has 0 radical (unpaired) electrons. The second-order valence-electron chi connectivity index (χ2n) is 7.00. The zero-order valence-electron chi connectivity index (χ0n) is 15.5. The van der Waals surface area contributed by atoms with E-state index in [1.807, 2.05) is 17.5 Å². The van der Waals surface area contributed by atoms with E-state index in [2.05, 4.69) is 6.07 Å². The van der Waals surface area contributed by atoms with Crippen molar-refractivity contribution >= 4 is 34.4 Å². The second kappa shape index (κ2) is 7.49. The Kier molecular flexibility index (Phi) is 5.12. The predicted molar refractivity (Wildman–Crippen MR) is 109 cm³/mol. The van der Waals surface area contributed by atoms with Crippen LogP contribution in [0.25, 0.3) is 0 Å². The van der Waals surface area contributed by atoms with Gasteiger partial charge in [0.25, 0.3) is 0 Å². The Balaban J connectivity index is 1.99. The highest BCUT2D eigenvalue weighted by Gasteiger charge is 2.41. The molecule has 9 heteroatoms. The molecule has 4 nitrogen and oxygen atoms in total. The Labute approximate surface area is 179 Å². The third-order valence-electron chi connectivity index (χ3n) is 5.26. The Morgan fingerprint density at radius 3 is 2.67 bits per heavy atom. The summed E-state index contributed by atoms with van der Waals surface area (Å²) >= 11 is 7.66. The Morgan fingerprint density at radius 1 is 1.27 bits per heavy atom. The van der Waals surface area contributed by atoms with Crippen molar-refractivity contribution < 1.29 is 18.0 Å². The van der Waals surface area contributed by atoms with Crippen LogP contribution in [-0.2, 0) is 11.0 Å². The molecule has 1 atom stereocenters. The number of nitrogens with zero attached hydrogens (tertiary/aromatic N) is 2. The zero-order chi connectivity index (χ0) is 21.6. The number of Topliss-reactive ketones (excluding diaryl/α,β-unsaturated/α-hetero) is 1. The van der Waals surface area contributed by atoms with Crippen LogP contribution in [0.1, 0.15) is 35.6 Å². The van der Waals surface area contributed by atoms with Crippen LogP contribution in [0.3, 0.4) is 0 Å². The number of hydrogen-bond acceptors (Lipinski definition) is 5. The summed E-state index contributed by atoms with van der Waals surface area (Å²) in [6.45, 7) is 0. The van der Waals surface area contributed by atoms with Crippen molar-refractivity contribution in [3.05, 3.63) is 73.8 Å². The van der Waals surface area contributed by atoms with Crippen LogP contribution in [0.5, 0.6) is 0 Å². The third-order valence-corrected chi connectivity index (χ3v) is 6.51. The minimum Gasteiger partial charge on any atom is -0.384 e.